The molecule has 0 rings (SSSR count). The summed E-state index contributed by atoms with van der Waals surface area (Å²) in [6.45, 7) is 19.8. The minimum Gasteiger partial charge on any atom is -0.393 e. The summed E-state index contributed by atoms with van der Waals surface area (Å²) in [7, 11) is 0. The fourth-order valence-electron chi connectivity index (χ4n) is 0.937. The van der Waals surface area contributed by atoms with E-state index in [0.717, 1.165) is 18.4 Å². The Labute approximate surface area is 96.2 Å². The Morgan fingerprint density at radius 2 is 1.73 bits per heavy atom. The Kier molecular flexibility index (Phi) is 20.6. The van der Waals surface area contributed by atoms with Gasteiger partial charge in [0.15, 0.2) is 0 Å². The second-order valence-corrected chi connectivity index (χ2v) is 2.86. The van der Waals surface area contributed by atoms with Crippen LogP contribution in [0.2, 0.25) is 0 Å². The highest BCUT2D eigenvalue weighted by Gasteiger charge is 2.04. The minimum absolute atomic E-state index is 0.210. The first-order valence-electron chi connectivity index (χ1n) is 5.60. The maximum Gasteiger partial charge on any atom is 0.0577 e. The van der Waals surface area contributed by atoms with E-state index in [0.29, 0.717) is 0 Å². The van der Waals surface area contributed by atoms with Crippen molar-refractivity contribution in [3.63, 3.8) is 0 Å². The van der Waals surface area contributed by atoms with Crippen molar-refractivity contribution in [2.45, 2.75) is 53.6 Å². The van der Waals surface area contributed by atoms with Gasteiger partial charge in [0, 0.05) is 0 Å². The first-order valence-corrected chi connectivity index (χ1v) is 5.60. The largest absolute Gasteiger partial charge is 0.393 e. The average Bonchev–Trinajstić information content (AvgIpc) is 2.30. The zero-order valence-corrected chi connectivity index (χ0v) is 11.1. The normalized spacial score (nSPS) is 11.5. The molecule has 90 valence electrons. The number of aliphatic hydroxyl groups is 1. The number of hydrogen-bond donors (Lipinski definition) is 1. The van der Waals surface area contributed by atoms with Gasteiger partial charge in [0.2, 0.25) is 0 Å². The standard InChI is InChI=1S/C10H18O.C2H6.C2H4/c1-5-9(8(3)4)7-10(11)6-2;2*1-2/h5,10-11H,3,6-7H2,1-2,4H3;1-2H3;1-2H2/b9-5-;;. The number of allylic oxidation sites excluding steroid dienone is 2. The van der Waals surface area contributed by atoms with Crippen molar-refractivity contribution in [3.05, 3.63) is 37.0 Å². The summed E-state index contributed by atoms with van der Waals surface area (Å²) in [5.41, 5.74) is 2.22. The van der Waals surface area contributed by atoms with Crippen LogP contribution in [0.1, 0.15) is 47.5 Å². The second kappa shape index (κ2) is 15.6. The number of aliphatic hydroxyl groups excluding tert-OH is 1. The van der Waals surface area contributed by atoms with E-state index in [1.165, 1.54) is 5.57 Å². The Morgan fingerprint density at radius 3 is 1.93 bits per heavy atom. The van der Waals surface area contributed by atoms with Crippen molar-refractivity contribution in [2.75, 3.05) is 0 Å². The molecule has 1 unspecified atom stereocenters. The summed E-state index contributed by atoms with van der Waals surface area (Å²) in [6.07, 6.45) is 3.35. The molecular weight excluding hydrogens is 184 g/mol. The predicted molar refractivity (Wildman–Crippen MR) is 72.1 cm³/mol. The predicted octanol–water partition coefficient (Wildman–Crippen LogP) is 4.50. The molecule has 0 aliphatic heterocycles. The van der Waals surface area contributed by atoms with E-state index < -0.39 is 0 Å². The van der Waals surface area contributed by atoms with Gasteiger partial charge in [0.25, 0.3) is 0 Å². The van der Waals surface area contributed by atoms with Crippen molar-refractivity contribution < 1.29 is 5.11 Å². The third-order valence-electron chi connectivity index (χ3n) is 1.82. The quantitative estimate of drug-likeness (QED) is 0.537. The summed E-state index contributed by atoms with van der Waals surface area (Å²) < 4.78 is 0. The van der Waals surface area contributed by atoms with Crippen LogP contribution < -0.4 is 0 Å². The van der Waals surface area contributed by atoms with Crippen LogP contribution in [0.4, 0.5) is 0 Å². The topological polar surface area (TPSA) is 20.2 Å². The van der Waals surface area contributed by atoms with E-state index in [9.17, 15) is 5.11 Å². The molecule has 0 amide bonds. The average molecular weight is 212 g/mol. The maximum atomic E-state index is 9.33. The van der Waals surface area contributed by atoms with E-state index >= 15 is 0 Å². The van der Waals surface area contributed by atoms with Gasteiger partial charge in [-0.25, -0.2) is 0 Å². The van der Waals surface area contributed by atoms with Crippen LogP contribution in [0.3, 0.4) is 0 Å². The lowest BCUT2D eigenvalue weighted by Crippen LogP contribution is -2.05. The molecule has 0 spiro atoms. The third-order valence-corrected chi connectivity index (χ3v) is 1.82. The van der Waals surface area contributed by atoms with Gasteiger partial charge < -0.3 is 5.11 Å². The molecule has 0 aromatic heterocycles. The van der Waals surface area contributed by atoms with Gasteiger partial charge in [-0.2, -0.15) is 0 Å². The van der Waals surface area contributed by atoms with E-state index in [1.54, 1.807) is 0 Å². The fraction of sp³-hybridized carbons (Fsp3) is 0.571. The van der Waals surface area contributed by atoms with Crippen molar-refractivity contribution in [1.82, 2.24) is 0 Å². The lowest BCUT2D eigenvalue weighted by atomic mass is 10.0. The lowest BCUT2D eigenvalue weighted by Gasteiger charge is -2.10. The molecule has 1 heteroatoms. The number of rotatable bonds is 4. The molecule has 0 bridgehead atoms. The molecule has 0 heterocycles. The molecule has 0 aliphatic rings. The molecular formula is C14H28O. The Hall–Kier alpha value is -0.820. The van der Waals surface area contributed by atoms with E-state index in [-0.39, 0.29) is 6.10 Å². The summed E-state index contributed by atoms with van der Waals surface area (Å²) in [5, 5.41) is 9.33. The van der Waals surface area contributed by atoms with E-state index in [4.69, 9.17) is 0 Å². The van der Waals surface area contributed by atoms with Crippen molar-refractivity contribution in [2.24, 2.45) is 0 Å². The highest BCUT2D eigenvalue weighted by molar-refractivity contribution is 5.25. The summed E-state index contributed by atoms with van der Waals surface area (Å²) >= 11 is 0. The first-order chi connectivity index (χ1) is 7.11. The highest BCUT2D eigenvalue weighted by atomic mass is 16.3. The van der Waals surface area contributed by atoms with Gasteiger partial charge in [-0.1, -0.05) is 39.0 Å². The second-order valence-electron chi connectivity index (χ2n) is 2.86. The van der Waals surface area contributed by atoms with Gasteiger partial charge >= 0.3 is 0 Å². The van der Waals surface area contributed by atoms with Crippen molar-refractivity contribution >= 4 is 0 Å². The van der Waals surface area contributed by atoms with Gasteiger partial charge in [-0.05, 0) is 32.3 Å². The van der Waals surface area contributed by atoms with Crippen LogP contribution in [0.15, 0.2) is 37.0 Å². The SMILES string of the molecule is C=C.C=C(C)/C(=C\C)CC(O)CC.CC. The summed E-state index contributed by atoms with van der Waals surface area (Å²) in [6, 6.07) is 0. The first kappa shape index (κ1) is 19.7. The van der Waals surface area contributed by atoms with Gasteiger partial charge in [-0.3, -0.25) is 0 Å². The lowest BCUT2D eigenvalue weighted by molar-refractivity contribution is 0.171. The fourth-order valence-corrected chi connectivity index (χ4v) is 0.937. The van der Waals surface area contributed by atoms with Crippen LogP contribution in [0, 0.1) is 0 Å². The van der Waals surface area contributed by atoms with Crippen molar-refractivity contribution in [1.29, 1.82) is 0 Å². The zero-order valence-electron chi connectivity index (χ0n) is 11.1. The van der Waals surface area contributed by atoms with Gasteiger partial charge in [0.1, 0.15) is 0 Å². The molecule has 1 atom stereocenters. The number of hydrogen-bond acceptors (Lipinski definition) is 1. The Bertz CT molecular complexity index is 168. The molecule has 0 saturated heterocycles. The molecule has 0 fully saturated rings. The van der Waals surface area contributed by atoms with Crippen LogP contribution in [0.5, 0.6) is 0 Å². The molecule has 1 N–H and O–H groups in total. The van der Waals surface area contributed by atoms with Crippen LogP contribution in [-0.4, -0.2) is 11.2 Å². The van der Waals surface area contributed by atoms with Crippen LogP contribution in [0.25, 0.3) is 0 Å². The minimum atomic E-state index is -0.210. The van der Waals surface area contributed by atoms with E-state index in [1.807, 2.05) is 40.7 Å². The van der Waals surface area contributed by atoms with Crippen LogP contribution >= 0.6 is 0 Å². The highest BCUT2D eigenvalue weighted by Crippen LogP contribution is 2.14. The molecule has 0 saturated carbocycles. The molecule has 0 aliphatic carbocycles. The maximum absolute atomic E-state index is 9.33. The monoisotopic (exact) mass is 212 g/mol. The molecule has 0 aromatic rings. The van der Waals surface area contributed by atoms with E-state index in [2.05, 4.69) is 19.7 Å². The van der Waals surface area contributed by atoms with Gasteiger partial charge in [-0.15, -0.1) is 13.2 Å². The molecule has 15 heavy (non-hydrogen) atoms. The molecule has 1 nitrogen and oxygen atoms in total. The smallest absolute Gasteiger partial charge is 0.0577 e. The zero-order chi connectivity index (χ0) is 12.9. The Balaban J connectivity index is -0.000000318. The Morgan fingerprint density at radius 1 is 1.33 bits per heavy atom. The third kappa shape index (κ3) is 13.2. The van der Waals surface area contributed by atoms with Crippen molar-refractivity contribution in [3.8, 4) is 0 Å². The summed E-state index contributed by atoms with van der Waals surface area (Å²) in [4.78, 5) is 0. The summed E-state index contributed by atoms with van der Waals surface area (Å²) in [5.74, 6) is 0. The molecule has 0 radical (unpaired) electrons. The molecule has 0 aromatic carbocycles. The van der Waals surface area contributed by atoms with Gasteiger partial charge in [0.05, 0.1) is 6.10 Å². The van der Waals surface area contributed by atoms with Crippen LogP contribution in [-0.2, 0) is 0 Å².